The van der Waals surface area contributed by atoms with Crippen molar-refractivity contribution >= 4 is 0 Å². The first kappa shape index (κ1) is 12.9. The van der Waals surface area contributed by atoms with E-state index in [2.05, 4.69) is 25.2 Å². The molecular formula is C15H26N2. The van der Waals surface area contributed by atoms with Gasteiger partial charge in [0, 0.05) is 12.1 Å². The highest BCUT2D eigenvalue weighted by Gasteiger charge is 2.35. The van der Waals surface area contributed by atoms with Crippen LogP contribution in [0, 0.1) is 29.1 Å². The minimum absolute atomic E-state index is 0.261. The number of nitriles is 1. The van der Waals surface area contributed by atoms with Crippen molar-refractivity contribution in [1.29, 1.82) is 5.26 Å². The van der Waals surface area contributed by atoms with E-state index in [1.54, 1.807) is 0 Å². The van der Waals surface area contributed by atoms with E-state index in [9.17, 15) is 5.26 Å². The van der Waals surface area contributed by atoms with Crippen LogP contribution in [-0.2, 0) is 0 Å². The van der Waals surface area contributed by atoms with Gasteiger partial charge in [-0.15, -0.1) is 0 Å². The van der Waals surface area contributed by atoms with E-state index in [1.807, 2.05) is 0 Å². The van der Waals surface area contributed by atoms with Gasteiger partial charge in [-0.2, -0.15) is 5.26 Å². The maximum Gasteiger partial charge on any atom is 0.0672 e. The third kappa shape index (κ3) is 2.83. The molecule has 2 heteroatoms. The van der Waals surface area contributed by atoms with Gasteiger partial charge in [0.1, 0.15) is 0 Å². The first-order chi connectivity index (χ1) is 8.26. The smallest absolute Gasteiger partial charge is 0.0672 e. The Morgan fingerprint density at radius 1 is 1.12 bits per heavy atom. The summed E-state index contributed by atoms with van der Waals surface area (Å²) in [5, 5.41) is 13.0. The first-order valence-electron chi connectivity index (χ1n) is 7.42. The number of nitrogens with zero attached hydrogens (tertiary/aromatic N) is 1. The summed E-state index contributed by atoms with van der Waals surface area (Å²) in [6, 6.07) is 3.64. The van der Waals surface area contributed by atoms with Crippen molar-refractivity contribution in [2.75, 3.05) is 0 Å². The van der Waals surface area contributed by atoms with Gasteiger partial charge >= 0.3 is 0 Å². The molecule has 0 aromatic rings. The van der Waals surface area contributed by atoms with E-state index >= 15 is 0 Å². The zero-order valence-electron chi connectivity index (χ0n) is 11.3. The molecule has 2 nitrogen and oxygen atoms in total. The molecule has 2 aliphatic carbocycles. The second-order valence-corrected chi connectivity index (χ2v) is 6.00. The third-order valence-electron chi connectivity index (χ3n) is 5.11. The molecule has 0 spiro atoms. The molecule has 0 amide bonds. The van der Waals surface area contributed by atoms with Crippen molar-refractivity contribution < 1.29 is 0 Å². The van der Waals surface area contributed by atoms with Gasteiger partial charge < -0.3 is 5.32 Å². The molecule has 2 fully saturated rings. The highest BCUT2D eigenvalue weighted by atomic mass is 15.0. The fourth-order valence-electron chi connectivity index (χ4n) is 3.82. The largest absolute Gasteiger partial charge is 0.310 e. The van der Waals surface area contributed by atoms with Crippen LogP contribution in [0.5, 0.6) is 0 Å². The van der Waals surface area contributed by atoms with E-state index in [4.69, 9.17) is 0 Å². The molecule has 0 bridgehead atoms. The highest BCUT2D eigenvalue weighted by molar-refractivity contribution is 4.97. The second-order valence-electron chi connectivity index (χ2n) is 6.00. The van der Waals surface area contributed by atoms with Crippen molar-refractivity contribution in [1.82, 2.24) is 5.32 Å². The Morgan fingerprint density at radius 2 is 1.88 bits per heavy atom. The van der Waals surface area contributed by atoms with Crippen LogP contribution in [0.25, 0.3) is 0 Å². The monoisotopic (exact) mass is 234 g/mol. The van der Waals surface area contributed by atoms with Gasteiger partial charge in [0.25, 0.3) is 0 Å². The SMILES string of the molecule is CCC1CCC(NC2CCCCC2C#N)C1C. The molecule has 0 heterocycles. The predicted molar refractivity (Wildman–Crippen MR) is 70.5 cm³/mol. The van der Waals surface area contributed by atoms with Crippen LogP contribution in [-0.4, -0.2) is 12.1 Å². The minimum atomic E-state index is 0.261. The van der Waals surface area contributed by atoms with Crippen LogP contribution in [0.4, 0.5) is 0 Å². The third-order valence-corrected chi connectivity index (χ3v) is 5.11. The van der Waals surface area contributed by atoms with Crippen LogP contribution in [0.2, 0.25) is 0 Å². The summed E-state index contributed by atoms with van der Waals surface area (Å²) in [6.45, 7) is 4.70. The van der Waals surface area contributed by atoms with Crippen LogP contribution in [0.15, 0.2) is 0 Å². The minimum Gasteiger partial charge on any atom is -0.310 e. The summed E-state index contributed by atoms with van der Waals surface area (Å²) in [6.07, 6.45) is 8.85. The van der Waals surface area contributed by atoms with Crippen molar-refractivity contribution in [3.63, 3.8) is 0 Å². The van der Waals surface area contributed by atoms with Crippen molar-refractivity contribution in [2.24, 2.45) is 17.8 Å². The summed E-state index contributed by atoms with van der Waals surface area (Å²) in [7, 11) is 0. The Morgan fingerprint density at radius 3 is 2.53 bits per heavy atom. The topological polar surface area (TPSA) is 35.8 Å². The average molecular weight is 234 g/mol. The molecule has 0 aromatic carbocycles. The molecule has 5 unspecified atom stereocenters. The number of hydrogen-bond acceptors (Lipinski definition) is 2. The van der Waals surface area contributed by atoms with Crippen molar-refractivity contribution in [3.05, 3.63) is 0 Å². The fraction of sp³-hybridized carbons (Fsp3) is 0.933. The van der Waals surface area contributed by atoms with Gasteiger partial charge in [0.15, 0.2) is 0 Å². The molecule has 96 valence electrons. The lowest BCUT2D eigenvalue weighted by Gasteiger charge is -2.32. The lowest BCUT2D eigenvalue weighted by Crippen LogP contribution is -2.45. The molecule has 2 aliphatic rings. The second kappa shape index (κ2) is 5.87. The molecule has 17 heavy (non-hydrogen) atoms. The predicted octanol–water partition coefficient (Wildman–Crippen LogP) is 3.48. The summed E-state index contributed by atoms with van der Waals surface area (Å²) in [5.74, 6) is 1.95. The number of hydrogen-bond donors (Lipinski definition) is 1. The Bertz CT molecular complexity index is 281. The van der Waals surface area contributed by atoms with Gasteiger partial charge in [-0.25, -0.2) is 0 Å². The molecular weight excluding hydrogens is 208 g/mol. The Labute approximate surface area is 106 Å². The Balaban J connectivity index is 1.90. The maximum atomic E-state index is 9.21. The summed E-state index contributed by atoms with van der Waals surface area (Å²) >= 11 is 0. The van der Waals surface area contributed by atoms with Gasteiger partial charge in [0.05, 0.1) is 12.0 Å². The van der Waals surface area contributed by atoms with E-state index in [0.717, 1.165) is 18.3 Å². The lowest BCUT2D eigenvalue weighted by molar-refractivity contribution is 0.252. The molecule has 5 atom stereocenters. The zero-order chi connectivity index (χ0) is 12.3. The molecule has 0 aliphatic heterocycles. The average Bonchev–Trinajstić information content (AvgIpc) is 2.71. The van der Waals surface area contributed by atoms with Crippen LogP contribution in [0.1, 0.15) is 58.8 Å². The summed E-state index contributed by atoms with van der Waals surface area (Å²) in [4.78, 5) is 0. The number of rotatable bonds is 3. The van der Waals surface area contributed by atoms with Crippen LogP contribution >= 0.6 is 0 Å². The maximum absolute atomic E-state index is 9.21. The Kier molecular flexibility index (Phi) is 4.45. The first-order valence-corrected chi connectivity index (χ1v) is 7.42. The van der Waals surface area contributed by atoms with E-state index in [0.29, 0.717) is 12.1 Å². The molecule has 1 N–H and O–H groups in total. The molecule has 0 saturated heterocycles. The quantitative estimate of drug-likeness (QED) is 0.811. The van der Waals surface area contributed by atoms with Gasteiger partial charge in [0.2, 0.25) is 0 Å². The van der Waals surface area contributed by atoms with Crippen LogP contribution in [0.3, 0.4) is 0 Å². The van der Waals surface area contributed by atoms with Gasteiger partial charge in [-0.3, -0.25) is 0 Å². The molecule has 2 saturated carbocycles. The summed E-state index contributed by atoms with van der Waals surface area (Å²) < 4.78 is 0. The summed E-state index contributed by atoms with van der Waals surface area (Å²) in [5.41, 5.74) is 0. The van der Waals surface area contributed by atoms with E-state index in [1.165, 1.54) is 38.5 Å². The molecule has 0 aromatic heterocycles. The van der Waals surface area contributed by atoms with E-state index < -0.39 is 0 Å². The zero-order valence-corrected chi connectivity index (χ0v) is 11.3. The van der Waals surface area contributed by atoms with E-state index in [-0.39, 0.29) is 5.92 Å². The molecule has 0 radical (unpaired) electrons. The highest BCUT2D eigenvalue weighted by Crippen LogP contribution is 2.35. The van der Waals surface area contributed by atoms with Crippen LogP contribution < -0.4 is 5.32 Å². The van der Waals surface area contributed by atoms with Gasteiger partial charge in [-0.1, -0.05) is 33.1 Å². The van der Waals surface area contributed by atoms with Crippen molar-refractivity contribution in [2.45, 2.75) is 70.9 Å². The molecule has 2 rings (SSSR count). The Hall–Kier alpha value is -0.550. The van der Waals surface area contributed by atoms with Crippen molar-refractivity contribution in [3.8, 4) is 6.07 Å². The number of nitrogens with one attached hydrogen (secondary N) is 1. The van der Waals surface area contributed by atoms with Gasteiger partial charge in [-0.05, 0) is 37.5 Å². The normalized spacial score (nSPS) is 42.3. The lowest BCUT2D eigenvalue weighted by atomic mass is 9.84. The standard InChI is InChI=1S/C15H26N2/c1-3-12-8-9-14(11(12)2)17-15-7-5-4-6-13(15)10-16/h11-15,17H,3-9H2,1-2H3. The fourth-order valence-corrected chi connectivity index (χ4v) is 3.82.